The topological polar surface area (TPSA) is 24.5 Å². The summed E-state index contributed by atoms with van der Waals surface area (Å²) >= 11 is 6.11. The molecule has 2 atom stereocenters. The lowest BCUT2D eigenvalue weighted by Crippen LogP contribution is -2.45. The van der Waals surface area contributed by atoms with Crippen molar-refractivity contribution in [3.8, 4) is 5.75 Å². The van der Waals surface area contributed by atoms with Crippen LogP contribution in [0.5, 0.6) is 5.75 Å². The fourth-order valence-electron chi connectivity index (χ4n) is 3.05. The molecule has 1 N–H and O–H groups in total. The van der Waals surface area contributed by atoms with E-state index in [1.807, 2.05) is 18.2 Å². The molecule has 0 amide bonds. The average Bonchev–Trinajstić information content (AvgIpc) is 2.77. The van der Waals surface area contributed by atoms with Gasteiger partial charge in [0, 0.05) is 36.0 Å². The van der Waals surface area contributed by atoms with Crippen molar-refractivity contribution in [2.45, 2.75) is 24.5 Å². The second kappa shape index (κ2) is 4.41. The zero-order chi connectivity index (χ0) is 12.8. The number of ether oxygens (including phenoxy) is 1. The van der Waals surface area contributed by atoms with Crippen molar-refractivity contribution in [3.63, 3.8) is 0 Å². The van der Waals surface area contributed by atoms with E-state index in [9.17, 15) is 0 Å². The number of nitrogens with zero attached hydrogens (tertiary/aromatic N) is 1. The number of hydrogen-bond acceptors (Lipinski definition) is 3. The Kier molecular flexibility index (Phi) is 3.00. The first kappa shape index (κ1) is 12.3. The summed E-state index contributed by atoms with van der Waals surface area (Å²) in [6.07, 6.45) is 2.11. The molecule has 98 valence electrons. The maximum absolute atomic E-state index is 6.27. The maximum Gasteiger partial charge on any atom is 0.125 e. The first-order chi connectivity index (χ1) is 8.60. The predicted molar refractivity (Wildman–Crippen MR) is 73.3 cm³/mol. The molecule has 1 saturated heterocycles. The molecule has 2 unspecified atom stereocenters. The molecule has 3 rings (SSSR count). The minimum atomic E-state index is -0.0320. The van der Waals surface area contributed by atoms with Gasteiger partial charge in [0.1, 0.15) is 11.4 Å². The van der Waals surface area contributed by atoms with Gasteiger partial charge in [-0.25, -0.2) is 0 Å². The van der Waals surface area contributed by atoms with Crippen molar-refractivity contribution in [1.82, 2.24) is 10.2 Å². The molecule has 2 aliphatic heterocycles. The third kappa shape index (κ3) is 2.00. The van der Waals surface area contributed by atoms with E-state index in [1.165, 1.54) is 5.56 Å². The molecule has 0 bridgehead atoms. The van der Waals surface area contributed by atoms with Gasteiger partial charge >= 0.3 is 0 Å². The van der Waals surface area contributed by atoms with Crippen LogP contribution in [0.15, 0.2) is 18.2 Å². The van der Waals surface area contributed by atoms with Crippen molar-refractivity contribution in [2.24, 2.45) is 0 Å². The van der Waals surface area contributed by atoms with Crippen LogP contribution in [0.25, 0.3) is 0 Å². The highest BCUT2D eigenvalue weighted by atomic mass is 35.5. The molecule has 1 aromatic rings. The third-order valence-electron chi connectivity index (χ3n) is 4.05. The zero-order valence-electron chi connectivity index (χ0n) is 10.9. The van der Waals surface area contributed by atoms with E-state index >= 15 is 0 Å². The van der Waals surface area contributed by atoms with E-state index in [-0.39, 0.29) is 5.60 Å². The van der Waals surface area contributed by atoms with Crippen molar-refractivity contribution < 1.29 is 4.74 Å². The van der Waals surface area contributed by atoms with Gasteiger partial charge in [-0.15, -0.1) is 0 Å². The number of nitrogens with one attached hydrogen (secondary N) is 1. The van der Waals surface area contributed by atoms with Crippen LogP contribution < -0.4 is 10.1 Å². The molecule has 2 aliphatic rings. The van der Waals surface area contributed by atoms with Crippen LogP contribution in [0.3, 0.4) is 0 Å². The molecule has 0 radical (unpaired) electrons. The minimum absolute atomic E-state index is 0.0320. The number of benzene rings is 1. The largest absolute Gasteiger partial charge is 0.485 e. The van der Waals surface area contributed by atoms with Gasteiger partial charge in [-0.3, -0.25) is 0 Å². The van der Waals surface area contributed by atoms with E-state index in [0.29, 0.717) is 6.04 Å². The first-order valence-electron chi connectivity index (χ1n) is 6.45. The summed E-state index contributed by atoms with van der Waals surface area (Å²) in [6, 6.07) is 6.34. The Labute approximate surface area is 113 Å². The molecule has 0 saturated carbocycles. The summed E-state index contributed by atoms with van der Waals surface area (Å²) in [5.41, 5.74) is 1.18. The van der Waals surface area contributed by atoms with Gasteiger partial charge in [-0.1, -0.05) is 11.6 Å². The highest BCUT2D eigenvalue weighted by Crippen LogP contribution is 2.44. The van der Waals surface area contributed by atoms with Crippen LogP contribution in [-0.2, 0) is 0 Å². The van der Waals surface area contributed by atoms with Gasteiger partial charge in [0.15, 0.2) is 0 Å². The molecule has 0 aromatic heterocycles. The second-order valence-corrected chi connectivity index (χ2v) is 6.01. The van der Waals surface area contributed by atoms with E-state index in [1.54, 1.807) is 0 Å². The SMILES string of the molecule is CN(C)C1CC2(CCNC2)Oc2ccc(Cl)cc21. The van der Waals surface area contributed by atoms with E-state index < -0.39 is 0 Å². The molecule has 18 heavy (non-hydrogen) atoms. The van der Waals surface area contributed by atoms with Gasteiger partial charge in [0.05, 0.1) is 0 Å². The number of halogens is 1. The fraction of sp³-hybridized carbons (Fsp3) is 0.571. The fourth-order valence-corrected chi connectivity index (χ4v) is 3.23. The Morgan fingerprint density at radius 1 is 1.44 bits per heavy atom. The van der Waals surface area contributed by atoms with Crippen LogP contribution in [0.1, 0.15) is 24.4 Å². The quantitative estimate of drug-likeness (QED) is 0.845. The van der Waals surface area contributed by atoms with Gasteiger partial charge in [0.2, 0.25) is 0 Å². The summed E-state index contributed by atoms with van der Waals surface area (Å²) in [7, 11) is 4.24. The Morgan fingerprint density at radius 3 is 2.94 bits per heavy atom. The smallest absolute Gasteiger partial charge is 0.125 e. The number of hydrogen-bond donors (Lipinski definition) is 1. The summed E-state index contributed by atoms with van der Waals surface area (Å²) < 4.78 is 6.27. The lowest BCUT2D eigenvalue weighted by atomic mass is 9.86. The van der Waals surface area contributed by atoms with Gasteiger partial charge in [-0.2, -0.15) is 0 Å². The predicted octanol–water partition coefficient (Wildman–Crippen LogP) is 2.46. The summed E-state index contributed by atoms with van der Waals surface area (Å²) in [4.78, 5) is 2.26. The van der Waals surface area contributed by atoms with Gasteiger partial charge in [-0.05, 0) is 38.8 Å². The monoisotopic (exact) mass is 266 g/mol. The van der Waals surface area contributed by atoms with Gasteiger partial charge in [0.25, 0.3) is 0 Å². The molecule has 4 heteroatoms. The van der Waals surface area contributed by atoms with E-state index in [0.717, 1.165) is 36.7 Å². The molecular weight excluding hydrogens is 248 g/mol. The summed E-state index contributed by atoms with van der Waals surface area (Å²) in [5, 5.41) is 4.20. The Balaban J connectivity index is 2.02. The summed E-state index contributed by atoms with van der Waals surface area (Å²) in [6.45, 7) is 1.99. The first-order valence-corrected chi connectivity index (χ1v) is 6.83. The molecular formula is C14H19ClN2O. The molecule has 1 spiro atoms. The van der Waals surface area contributed by atoms with Crippen molar-refractivity contribution in [3.05, 3.63) is 28.8 Å². The normalized spacial score (nSPS) is 30.6. The molecule has 2 heterocycles. The van der Waals surface area contributed by atoms with Crippen LogP contribution in [0, 0.1) is 0 Å². The average molecular weight is 267 g/mol. The highest BCUT2D eigenvalue weighted by Gasteiger charge is 2.43. The van der Waals surface area contributed by atoms with Gasteiger partial charge < -0.3 is 15.0 Å². The van der Waals surface area contributed by atoms with Crippen molar-refractivity contribution >= 4 is 11.6 Å². The summed E-state index contributed by atoms with van der Waals surface area (Å²) in [5.74, 6) is 0.994. The lowest BCUT2D eigenvalue weighted by Gasteiger charge is -2.42. The molecule has 3 nitrogen and oxygen atoms in total. The van der Waals surface area contributed by atoms with Crippen LogP contribution >= 0.6 is 11.6 Å². The third-order valence-corrected chi connectivity index (χ3v) is 4.29. The Hall–Kier alpha value is -0.770. The Bertz CT molecular complexity index is 455. The van der Waals surface area contributed by atoms with E-state index in [4.69, 9.17) is 16.3 Å². The van der Waals surface area contributed by atoms with Crippen LogP contribution in [-0.4, -0.2) is 37.7 Å². The maximum atomic E-state index is 6.27. The standard InChI is InChI=1S/C14H19ClN2O/c1-17(2)12-8-14(5-6-16-9-14)18-13-4-3-10(15)7-11(12)13/h3-4,7,12,16H,5-6,8-9H2,1-2H3. The molecule has 1 fully saturated rings. The minimum Gasteiger partial charge on any atom is -0.485 e. The van der Waals surface area contributed by atoms with Crippen LogP contribution in [0.4, 0.5) is 0 Å². The highest BCUT2D eigenvalue weighted by molar-refractivity contribution is 6.30. The molecule has 1 aromatic carbocycles. The number of rotatable bonds is 1. The Morgan fingerprint density at radius 2 is 2.28 bits per heavy atom. The molecule has 0 aliphatic carbocycles. The van der Waals surface area contributed by atoms with Crippen molar-refractivity contribution in [1.29, 1.82) is 0 Å². The zero-order valence-corrected chi connectivity index (χ0v) is 11.6. The van der Waals surface area contributed by atoms with E-state index in [2.05, 4.69) is 24.3 Å². The number of fused-ring (bicyclic) bond motifs is 1. The van der Waals surface area contributed by atoms with Crippen LogP contribution in [0.2, 0.25) is 5.02 Å². The van der Waals surface area contributed by atoms with Crippen molar-refractivity contribution in [2.75, 3.05) is 27.2 Å². The lowest BCUT2D eigenvalue weighted by molar-refractivity contribution is 0.0289. The second-order valence-electron chi connectivity index (χ2n) is 5.58.